The number of benzene rings is 3. The molecule has 4 rings (SSSR count). The van der Waals surface area contributed by atoms with Crippen molar-refractivity contribution in [1.82, 2.24) is 5.32 Å². The van der Waals surface area contributed by atoms with Crippen LogP contribution in [0.4, 0.5) is 5.69 Å². The normalized spacial score (nSPS) is 12.2. The molecule has 0 spiro atoms. The van der Waals surface area contributed by atoms with E-state index in [1.165, 1.54) is 16.5 Å². The van der Waals surface area contributed by atoms with Crippen molar-refractivity contribution in [2.75, 3.05) is 5.32 Å². The highest BCUT2D eigenvalue weighted by molar-refractivity contribution is 7.80. The van der Waals surface area contributed by atoms with Crippen molar-refractivity contribution in [3.63, 3.8) is 0 Å². The molecule has 0 aliphatic heterocycles. The average Bonchev–Trinajstić information content (AvgIpc) is 3.03. The number of nitrogens with one attached hydrogen (secondary N) is 2. The molecule has 1 aliphatic carbocycles. The van der Waals surface area contributed by atoms with Gasteiger partial charge >= 0.3 is 0 Å². The summed E-state index contributed by atoms with van der Waals surface area (Å²) in [7, 11) is 0. The van der Waals surface area contributed by atoms with E-state index in [0.29, 0.717) is 10.7 Å². The minimum atomic E-state index is -0.205. The molecule has 2 N–H and O–H groups in total. The SMILES string of the molecule is Cc1ccc(C(=O)NC(=S)Nc2ccc3c4c(cccc24)CC3)cc1. The molecule has 0 aromatic heterocycles. The smallest absolute Gasteiger partial charge is 0.257 e. The lowest BCUT2D eigenvalue weighted by atomic mass is 10.0. The molecular formula is C21H18N2OS. The minimum Gasteiger partial charge on any atom is -0.332 e. The van der Waals surface area contributed by atoms with Gasteiger partial charge < -0.3 is 5.32 Å². The van der Waals surface area contributed by atoms with Gasteiger partial charge in [-0.15, -0.1) is 0 Å². The van der Waals surface area contributed by atoms with Crippen molar-refractivity contribution in [3.05, 3.63) is 76.9 Å². The largest absolute Gasteiger partial charge is 0.332 e. The van der Waals surface area contributed by atoms with E-state index in [1.54, 1.807) is 12.1 Å². The van der Waals surface area contributed by atoms with Gasteiger partial charge in [0.2, 0.25) is 0 Å². The van der Waals surface area contributed by atoms with Gasteiger partial charge in [0, 0.05) is 16.6 Å². The molecule has 1 aliphatic rings. The predicted molar refractivity (Wildman–Crippen MR) is 106 cm³/mol. The van der Waals surface area contributed by atoms with E-state index in [-0.39, 0.29) is 5.91 Å². The highest BCUT2D eigenvalue weighted by Gasteiger charge is 2.16. The van der Waals surface area contributed by atoms with Crippen LogP contribution >= 0.6 is 12.2 Å². The Morgan fingerprint density at radius 3 is 2.44 bits per heavy atom. The third-order valence-electron chi connectivity index (χ3n) is 4.67. The average molecular weight is 346 g/mol. The number of aryl methyl sites for hydroxylation is 3. The summed E-state index contributed by atoms with van der Waals surface area (Å²) >= 11 is 5.34. The van der Waals surface area contributed by atoms with Gasteiger partial charge in [-0.2, -0.15) is 0 Å². The van der Waals surface area contributed by atoms with Crippen LogP contribution in [-0.4, -0.2) is 11.0 Å². The van der Waals surface area contributed by atoms with Gasteiger partial charge in [-0.25, -0.2) is 0 Å². The van der Waals surface area contributed by atoms with E-state index in [2.05, 4.69) is 34.9 Å². The molecule has 3 nitrogen and oxygen atoms in total. The van der Waals surface area contributed by atoms with Gasteiger partial charge in [-0.1, -0.05) is 42.0 Å². The Morgan fingerprint density at radius 2 is 1.68 bits per heavy atom. The fourth-order valence-corrected chi connectivity index (χ4v) is 3.59. The second-order valence-electron chi connectivity index (χ2n) is 6.39. The van der Waals surface area contributed by atoms with Gasteiger partial charge in [0.1, 0.15) is 0 Å². The summed E-state index contributed by atoms with van der Waals surface area (Å²) in [5, 5.41) is 8.72. The van der Waals surface area contributed by atoms with E-state index in [1.807, 2.05) is 25.1 Å². The molecule has 1 amide bonds. The number of anilines is 1. The summed E-state index contributed by atoms with van der Waals surface area (Å²) in [6, 6.07) is 18.0. The Morgan fingerprint density at radius 1 is 0.960 bits per heavy atom. The Labute approximate surface area is 152 Å². The zero-order chi connectivity index (χ0) is 17.4. The van der Waals surface area contributed by atoms with E-state index in [4.69, 9.17) is 12.2 Å². The monoisotopic (exact) mass is 346 g/mol. The van der Waals surface area contributed by atoms with Crippen molar-refractivity contribution in [2.45, 2.75) is 19.8 Å². The fraction of sp³-hybridized carbons (Fsp3) is 0.143. The predicted octanol–water partition coefficient (Wildman–Crippen LogP) is 4.37. The standard InChI is InChI=1S/C21H18N2OS/c1-13-5-7-16(8-6-13)20(24)23-21(25)22-18-12-11-15-10-9-14-3-2-4-17(18)19(14)15/h2-8,11-12H,9-10H2,1H3,(H2,22,23,24,25). The topological polar surface area (TPSA) is 41.1 Å². The van der Waals surface area contributed by atoms with Crippen molar-refractivity contribution in [1.29, 1.82) is 0 Å². The van der Waals surface area contributed by atoms with Crippen LogP contribution in [0.25, 0.3) is 10.8 Å². The highest BCUT2D eigenvalue weighted by atomic mass is 32.1. The summed E-state index contributed by atoms with van der Waals surface area (Å²) in [4.78, 5) is 12.3. The molecular weight excluding hydrogens is 328 g/mol. The molecule has 0 bridgehead atoms. The van der Waals surface area contributed by atoms with Crippen LogP contribution in [0.3, 0.4) is 0 Å². The summed E-state index contributed by atoms with van der Waals surface area (Å²) in [6.07, 6.45) is 2.18. The first-order valence-electron chi connectivity index (χ1n) is 8.34. The zero-order valence-electron chi connectivity index (χ0n) is 13.9. The number of carbonyl (C=O) groups excluding carboxylic acids is 1. The first-order valence-corrected chi connectivity index (χ1v) is 8.75. The van der Waals surface area contributed by atoms with Crippen LogP contribution < -0.4 is 10.6 Å². The molecule has 3 aromatic rings. The first-order chi connectivity index (χ1) is 12.1. The molecule has 0 heterocycles. The number of hydrogen-bond acceptors (Lipinski definition) is 2. The Hall–Kier alpha value is -2.72. The molecule has 0 fully saturated rings. The van der Waals surface area contributed by atoms with Gasteiger partial charge in [0.15, 0.2) is 5.11 Å². The summed E-state index contributed by atoms with van der Waals surface area (Å²) < 4.78 is 0. The number of rotatable bonds is 2. The van der Waals surface area contributed by atoms with Crippen LogP contribution in [0.5, 0.6) is 0 Å². The third kappa shape index (κ3) is 3.01. The van der Waals surface area contributed by atoms with Crippen LogP contribution in [-0.2, 0) is 12.8 Å². The Balaban J connectivity index is 1.55. The molecule has 0 saturated carbocycles. The lowest BCUT2D eigenvalue weighted by molar-refractivity contribution is 0.0977. The highest BCUT2D eigenvalue weighted by Crippen LogP contribution is 2.34. The van der Waals surface area contributed by atoms with Crippen LogP contribution in [0.1, 0.15) is 27.0 Å². The van der Waals surface area contributed by atoms with Gasteiger partial charge in [-0.3, -0.25) is 10.1 Å². The maximum atomic E-state index is 12.3. The molecule has 4 heteroatoms. The van der Waals surface area contributed by atoms with Crippen molar-refractivity contribution >= 4 is 39.7 Å². The quantitative estimate of drug-likeness (QED) is 0.677. The summed E-state index contributed by atoms with van der Waals surface area (Å²) in [5.41, 5.74) is 5.40. The summed E-state index contributed by atoms with van der Waals surface area (Å²) in [6.45, 7) is 1.99. The van der Waals surface area contributed by atoms with E-state index in [0.717, 1.165) is 29.5 Å². The second kappa shape index (κ2) is 6.30. The lowest BCUT2D eigenvalue weighted by Gasteiger charge is -2.13. The number of thiocarbonyl (C=S) groups is 1. The maximum absolute atomic E-state index is 12.3. The molecule has 3 aromatic carbocycles. The number of carbonyl (C=O) groups is 1. The third-order valence-corrected chi connectivity index (χ3v) is 4.87. The van der Waals surface area contributed by atoms with Gasteiger partial charge in [0.05, 0.1) is 0 Å². The lowest BCUT2D eigenvalue weighted by Crippen LogP contribution is -2.34. The molecule has 0 atom stereocenters. The molecule has 0 radical (unpaired) electrons. The molecule has 124 valence electrons. The number of amides is 1. The van der Waals surface area contributed by atoms with Crippen molar-refractivity contribution in [2.24, 2.45) is 0 Å². The van der Waals surface area contributed by atoms with Gasteiger partial charge in [-0.05, 0) is 66.7 Å². The second-order valence-corrected chi connectivity index (χ2v) is 6.79. The van der Waals surface area contributed by atoms with E-state index < -0.39 is 0 Å². The Kier molecular flexibility index (Phi) is 3.98. The molecule has 25 heavy (non-hydrogen) atoms. The molecule has 0 unspecified atom stereocenters. The zero-order valence-corrected chi connectivity index (χ0v) is 14.7. The minimum absolute atomic E-state index is 0.205. The number of hydrogen-bond donors (Lipinski definition) is 2. The van der Waals surface area contributed by atoms with E-state index >= 15 is 0 Å². The maximum Gasteiger partial charge on any atom is 0.257 e. The fourth-order valence-electron chi connectivity index (χ4n) is 3.39. The van der Waals surface area contributed by atoms with Crippen LogP contribution in [0.15, 0.2) is 54.6 Å². The van der Waals surface area contributed by atoms with Crippen molar-refractivity contribution in [3.8, 4) is 0 Å². The van der Waals surface area contributed by atoms with Crippen LogP contribution in [0.2, 0.25) is 0 Å². The summed E-state index contributed by atoms with van der Waals surface area (Å²) in [5.74, 6) is -0.205. The van der Waals surface area contributed by atoms with Gasteiger partial charge in [0.25, 0.3) is 5.91 Å². The van der Waals surface area contributed by atoms with Crippen LogP contribution in [0, 0.1) is 6.92 Å². The molecule has 0 saturated heterocycles. The Bertz CT molecular complexity index is 982. The van der Waals surface area contributed by atoms with E-state index in [9.17, 15) is 4.79 Å². The van der Waals surface area contributed by atoms with Crippen molar-refractivity contribution < 1.29 is 4.79 Å². The first kappa shape index (κ1) is 15.8.